The molecule has 2 amide bonds. The first-order chi connectivity index (χ1) is 17.1. The van der Waals surface area contributed by atoms with Gasteiger partial charge in [-0.1, -0.05) is 0 Å². The van der Waals surface area contributed by atoms with E-state index in [9.17, 15) is 19.5 Å². The van der Waals surface area contributed by atoms with E-state index in [0.717, 1.165) is 0 Å². The molecule has 200 valence electrons. The zero-order valence-electron chi connectivity index (χ0n) is 20.2. The lowest BCUT2D eigenvalue weighted by Crippen LogP contribution is -2.54. The summed E-state index contributed by atoms with van der Waals surface area (Å²) in [4.78, 5) is 53.2. The molecule has 3 atom stereocenters. The quantitative estimate of drug-likeness (QED) is 0.0609. The summed E-state index contributed by atoms with van der Waals surface area (Å²) >= 11 is 0. The Labute approximate surface area is 209 Å². The third kappa shape index (κ3) is 13.0. The molecule has 0 saturated heterocycles. The van der Waals surface area contributed by atoms with Crippen molar-refractivity contribution in [2.45, 2.75) is 63.1 Å². The second kappa shape index (κ2) is 16.6. The number of carbonyl (C=O) groups excluding carboxylic acids is 2. The fraction of sp³-hybridized carbons (Fsp3) is 0.571. The van der Waals surface area contributed by atoms with Crippen molar-refractivity contribution in [3.05, 3.63) is 24.3 Å². The largest absolute Gasteiger partial charge is 0.480 e. The zero-order chi connectivity index (χ0) is 26.9. The third-order valence-electron chi connectivity index (χ3n) is 5.01. The number of hydrogen-bond donors (Lipinski definition) is 8. The molecule has 13 N–H and O–H groups in total. The Morgan fingerprint density at radius 1 is 0.833 bits per heavy atom. The number of rotatable bonds is 17. The van der Waals surface area contributed by atoms with E-state index < -0.39 is 35.9 Å². The number of amides is 2. The van der Waals surface area contributed by atoms with Crippen LogP contribution in [0.5, 0.6) is 0 Å². The van der Waals surface area contributed by atoms with E-state index in [2.05, 4.69) is 30.6 Å². The molecule has 15 heteroatoms. The summed E-state index contributed by atoms with van der Waals surface area (Å²) in [6.45, 7) is 0.526. The highest BCUT2D eigenvalue weighted by Gasteiger charge is 2.27. The van der Waals surface area contributed by atoms with E-state index in [1.165, 1.54) is 0 Å². The van der Waals surface area contributed by atoms with Gasteiger partial charge in [-0.2, -0.15) is 0 Å². The fourth-order valence-electron chi connectivity index (χ4n) is 3.15. The standard InChI is InChI=1S/C21H37N11O4/c22-13(5-2-9-29-20(23)24)17(33)31-14(6-1-8-16-27-11-4-12-28-16)18(34)32-15(19(35)36)7-3-10-30-21(25)26/h4,11-15H,1-3,5-10,22H2,(H,31,33)(H,32,34)(H,35,36)(H4,23,24,29)(H4,25,26,30)/t13-,14-,15-/m1/s1. The van der Waals surface area contributed by atoms with Crippen LogP contribution in [-0.4, -0.2) is 76.0 Å². The lowest BCUT2D eigenvalue weighted by molar-refractivity contribution is -0.142. The molecule has 0 radical (unpaired) electrons. The topological polar surface area (TPSA) is 276 Å². The number of nitrogens with two attached hydrogens (primary N) is 5. The Kier molecular flexibility index (Phi) is 13.8. The molecule has 1 aromatic rings. The van der Waals surface area contributed by atoms with Gasteiger partial charge in [-0.25, -0.2) is 14.8 Å². The van der Waals surface area contributed by atoms with Crippen LogP contribution in [0.3, 0.4) is 0 Å². The van der Waals surface area contributed by atoms with Crippen LogP contribution < -0.4 is 39.3 Å². The van der Waals surface area contributed by atoms with E-state index in [4.69, 9.17) is 28.7 Å². The number of carbonyl (C=O) groups is 3. The highest BCUT2D eigenvalue weighted by molar-refractivity contribution is 5.91. The summed E-state index contributed by atoms with van der Waals surface area (Å²) in [5.41, 5.74) is 27.0. The number of carboxylic acid groups (broad SMARTS) is 1. The van der Waals surface area contributed by atoms with Crippen LogP contribution in [0.1, 0.15) is 44.3 Å². The van der Waals surface area contributed by atoms with Crippen molar-refractivity contribution < 1.29 is 19.5 Å². The number of aliphatic carboxylic acids is 1. The summed E-state index contributed by atoms with van der Waals surface area (Å²) in [7, 11) is 0. The van der Waals surface area contributed by atoms with Crippen molar-refractivity contribution in [1.82, 2.24) is 20.6 Å². The molecule has 0 fully saturated rings. The van der Waals surface area contributed by atoms with Crippen LogP contribution in [-0.2, 0) is 20.8 Å². The molecule has 0 spiro atoms. The molecule has 0 aromatic carbocycles. The predicted molar refractivity (Wildman–Crippen MR) is 134 cm³/mol. The van der Waals surface area contributed by atoms with Gasteiger partial charge in [0.15, 0.2) is 11.9 Å². The molecule has 1 aromatic heterocycles. The van der Waals surface area contributed by atoms with Crippen LogP contribution in [0.4, 0.5) is 0 Å². The second-order valence-corrected chi connectivity index (χ2v) is 8.02. The minimum Gasteiger partial charge on any atom is -0.480 e. The maximum Gasteiger partial charge on any atom is 0.326 e. The van der Waals surface area contributed by atoms with E-state index in [-0.39, 0.29) is 37.7 Å². The Balaban J connectivity index is 2.79. The van der Waals surface area contributed by atoms with Gasteiger partial charge in [0.05, 0.1) is 6.04 Å². The summed E-state index contributed by atoms with van der Waals surface area (Å²) in [5.74, 6) is -1.98. The lowest BCUT2D eigenvalue weighted by Gasteiger charge is -2.23. The Hall–Kier alpha value is -4.01. The van der Waals surface area contributed by atoms with Crippen LogP contribution in [0.2, 0.25) is 0 Å². The summed E-state index contributed by atoms with van der Waals surface area (Å²) in [6.07, 6.45) is 5.54. The summed E-state index contributed by atoms with van der Waals surface area (Å²) in [6, 6.07) is -1.41. The number of aliphatic imine (C=N–C) groups is 2. The van der Waals surface area contributed by atoms with E-state index >= 15 is 0 Å². The van der Waals surface area contributed by atoms with E-state index in [1.807, 2.05) is 0 Å². The molecule has 0 aliphatic rings. The lowest BCUT2D eigenvalue weighted by atomic mass is 10.0. The maximum atomic E-state index is 13.0. The first kappa shape index (κ1) is 30.0. The Bertz CT molecular complexity index is 887. The second-order valence-electron chi connectivity index (χ2n) is 8.02. The molecule has 0 bridgehead atoms. The average Bonchev–Trinajstić information content (AvgIpc) is 2.82. The molecule has 0 aliphatic heterocycles. The Morgan fingerprint density at radius 3 is 1.92 bits per heavy atom. The van der Waals surface area contributed by atoms with Crippen molar-refractivity contribution >= 4 is 29.7 Å². The van der Waals surface area contributed by atoms with Gasteiger partial charge in [0.1, 0.15) is 17.9 Å². The van der Waals surface area contributed by atoms with Gasteiger partial charge in [0.25, 0.3) is 0 Å². The normalized spacial score (nSPS) is 13.0. The van der Waals surface area contributed by atoms with Gasteiger partial charge < -0.3 is 44.4 Å². The van der Waals surface area contributed by atoms with Crippen molar-refractivity contribution in [3.63, 3.8) is 0 Å². The number of hydrogen-bond acceptors (Lipinski definition) is 8. The maximum absolute atomic E-state index is 13.0. The minimum absolute atomic E-state index is 0.0570. The van der Waals surface area contributed by atoms with Gasteiger partial charge in [0.2, 0.25) is 11.8 Å². The van der Waals surface area contributed by atoms with Crippen molar-refractivity contribution in [2.24, 2.45) is 38.7 Å². The number of carboxylic acids is 1. The molecule has 1 rings (SSSR count). The van der Waals surface area contributed by atoms with Crippen LogP contribution in [0, 0.1) is 0 Å². The number of nitrogens with zero attached hydrogens (tertiary/aromatic N) is 4. The number of aromatic nitrogens is 2. The first-order valence-electron chi connectivity index (χ1n) is 11.6. The summed E-state index contributed by atoms with van der Waals surface area (Å²) in [5, 5.41) is 14.6. The van der Waals surface area contributed by atoms with Crippen LogP contribution in [0.15, 0.2) is 28.4 Å². The zero-order valence-corrected chi connectivity index (χ0v) is 20.2. The van der Waals surface area contributed by atoms with Gasteiger partial charge in [-0.15, -0.1) is 0 Å². The molecule has 1 heterocycles. The highest BCUT2D eigenvalue weighted by atomic mass is 16.4. The smallest absolute Gasteiger partial charge is 0.326 e. The first-order valence-corrected chi connectivity index (χ1v) is 11.6. The minimum atomic E-state index is -1.22. The molecule has 15 nitrogen and oxygen atoms in total. The third-order valence-corrected chi connectivity index (χ3v) is 5.01. The summed E-state index contributed by atoms with van der Waals surface area (Å²) < 4.78 is 0. The average molecular weight is 508 g/mol. The van der Waals surface area contributed by atoms with Gasteiger partial charge in [-0.3, -0.25) is 19.6 Å². The van der Waals surface area contributed by atoms with Gasteiger partial charge in [0, 0.05) is 31.9 Å². The van der Waals surface area contributed by atoms with Gasteiger partial charge in [-0.05, 0) is 44.6 Å². The van der Waals surface area contributed by atoms with Crippen LogP contribution >= 0.6 is 0 Å². The van der Waals surface area contributed by atoms with Crippen LogP contribution in [0.25, 0.3) is 0 Å². The van der Waals surface area contributed by atoms with Crippen molar-refractivity contribution in [1.29, 1.82) is 0 Å². The molecule has 36 heavy (non-hydrogen) atoms. The van der Waals surface area contributed by atoms with Crippen molar-refractivity contribution in [2.75, 3.05) is 13.1 Å². The SMILES string of the molecule is NC(N)=NCCC[C@@H](N)C(=O)N[C@H](CCCc1ncccn1)C(=O)N[C@H](CCCN=C(N)N)C(=O)O. The molecule has 0 saturated carbocycles. The molecule has 0 aliphatic carbocycles. The van der Waals surface area contributed by atoms with E-state index in [1.54, 1.807) is 18.5 Å². The van der Waals surface area contributed by atoms with Crippen molar-refractivity contribution in [3.8, 4) is 0 Å². The molecular weight excluding hydrogens is 470 g/mol. The van der Waals surface area contributed by atoms with E-state index in [0.29, 0.717) is 38.1 Å². The monoisotopic (exact) mass is 507 g/mol. The number of aryl methyl sites for hydroxylation is 1. The number of nitrogens with one attached hydrogen (secondary N) is 2. The fourth-order valence-corrected chi connectivity index (χ4v) is 3.15. The molecular formula is C21H37N11O4. The molecule has 0 unspecified atom stereocenters. The predicted octanol–water partition coefficient (Wildman–Crippen LogP) is -2.71. The number of guanidine groups is 2. The Morgan fingerprint density at radius 2 is 1.36 bits per heavy atom. The highest BCUT2D eigenvalue weighted by Crippen LogP contribution is 2.07. The van der Waals surface area contributed by atoms with Gasteiger partial charge >= 0.3 is 5.97 Å².